The molecule has 0 bridgehead atoms. The number of aromatic amines is 1. The van der Waals surface area contributed by atoms with Crippen molar-refractivity contribution in [3.8, 4) is 5.75 Å². The van der Waals surface area contributed by atoms with Gasteiger partial charge >= 0.3 is 5.97 Å². The number of carbonyl (C=O) groups excluding carboxylic acids is 2. The molecule has 0 aliphatic rings. The number of aromatic nitrogens is 1. The molecule has 6 heteroatoms. The number of nitrogens with one attached hydrogen (secondary N) is 2. The zero-order valence-corrected chi connectivity index (χ0v) is 12.9. The van der Waals surface area contributed by atoms with Gasteiger partial charge in [-0.1, -0.05) is 18.2 Å². The Morgan fingerprint density at radius 1 is 1.17 bits per heavy atom. The van der Waals surface area contributed by atoms with Crippen LogP contribution in [0, 0.1) is 0 Å². The SMILES string of the molecule is COC(=O)[C@H](NC(=O)c1ccc2cc[nH]c2c1)c1cccc(O)c1. The lowest BCUT2D eigenvalue weighted by molar-refractivity contribution is -0.143. The summed E-state index contributed by atoms with van der Waals surface area (Å²) in [5, 5.41) is 13.2. The summed E-state index contributed by atoms with van der Waals surface area (Å²) in [5.41, 5.74) is 1.68. The van der Waals surface area contributed by atoms with Crippen LogP contribution in [0.25, 0.3) is 10.9 Å². The number of phenols is 1. The molecule has 1 atom stereocenters. The van der Waals surface area contributed by atoms with Crippen molar-refractivity contribution in [3.63, 3.8) is 0 Å². The molecular formula is C18H16N2O4. The highest BCUT2D eigenvalue weighted by Gasteiger charge is 2.24. The maximum Gasteiger partial charge on any atom is 0.333 e. The Balaban J connectivity index is 1.88. The van der Waals surface area contributed by atoms with Crippen molar-refractivity contribution >= 4 is 22.8 Å². The molecule has 0 radical (unpaired) electrons. The van der Waals surface area contributed by atoms with E-state index in [1.54, 1.807) is 30.5 Å². The molecule has 0 saturated heterocycles. The van der Waals surface area contributed by atoms with Gasteiger partial charge in [0.25, 0.3) is 5.91 Å². The van der Waals surface area contributed by atoms with E-state index in [1.807, 2.05) is 12.1 Å². The van der Waals surface area contributed by atoms with E-state index in [-0.39, 0.29) is 5.75 Å². The first-order chi connectivity index (χ1) is 11.6. The molecule has 3 N–H and O–H groups in total. The van der Waals surface area contributed by atoms with Crippen molar-refractivity contribution in [3.05, 3.63) is 65.9 Å². The molecule has 0 spiro atoms. The number of carbonyl (C=O) groups is 2. The average molecular weight is 324 g/mol. The number of phenolic OH excluding ortho intramolecular Hbond substituents is 1. The molecule has 0 saturated carbocycles. The molecule has 1 amide bonds. The summed E-state index contributed by atoms with van der Waals surface area (Å²) in [5.74, 6) is -1.02. The molecule has 0 fully saturated rings. The number of H-pyrrole nitrogens is 1. The highest BCUT2D eigenvalue weighted by Crippen LogP contribution is 2.21. The van der Waals surface area contributed by atoms with Gasteiger partial charge in [0.15, 0.2) is 6.04 Å². The first-order valence-electron chi connectivity index (χ1n) is 7.33. The van der Waals surface area contributed by atoms with E-state index in [2.05, 4.69) is 10.3 Å². The van der Waals surface area contributed by atoms with Gasteiger partial charge in [0.05, 0.1) is 7.11 Å². The Morgan fingerprint density at radius 3 is 2.75 bits per heavy atom. The van der Waals surface area contributed by atoms with Gasteiger partial charge in [-0.15, -0.1) is 0 Å². The lowest BCUT2D eigenvalue weighted by Gasteiger charge is -2.17. The smallest absolute Gasteiger partial charge is 0.333 e. The fourth-order valence-electron chi connectivity index (χ4n) is 2.50. The van der Waals surface area contributed by atoms with Gasteiger partial charge in [-0.3, -0.25) is 4.79 Å². The van der Waals surface area contributed by atoms with E-state index in [0.717, 1.165) is 10.9 Å². The third kappa shape index (κ3) is 3.08. The highest BCUT2D eigenvalue weighted by atomic mass is 16.5. The summed E-state index contributed by atoms with van der Waals surface area (Å²) in [6.07, 6.45) is 1.79. The van der Waals surface area contributed by atoms with E-state index >= 15 is 0 Å². The minimum atomic E-state index is -1.01. The second-order valence-electron chi connectivity index (χ2n) is 5.30. The van der Waals surface area contributed by atoms with Crippen molar-refractivity contribution in [1.82, 2.24) is 10.3 Å². The fourth-order valence-corrected chi connectivity index (χ4v) is 2.50. The molecule has 3 rings (SSSR count). The zero-order chi connectivity index (χ0) is 17.1. The van der Waals surface area contributed by atoms with Crippen LogP contribution in [0.15, 0.2) is 54.7 Å². The first-order valence-corrected chi connectivity index (χ1v) is 7.33. The molecule has 0 unspecified atom stereocenters. The average Bonchev–Trinajstić information content (AvgIpc) is 3.06. The van der Waals surface area contributed by atoms with Crippen LogP contribution in [0.2, 0.25) is 0 Å². The summed E-state index contributed by atoms with van der Waals surface area (Å²) < 4.78 is 4.76. The summed E-state index contributed by atoms with van der Waals surface area (Å²) in [7, 11) is 1.25. The van der Waals surface area contributed by atoms with E-state index in [0.29, 0.717) is 11.1 Å². The third-order valence-electron chi connectivity index (χ3n) is 3.73. The van der Waals surface area contributed by atoms with E-state index < -0.39 is 17.9 Å². The molecule has 1 aromatic heterocycles. The number of aromatic hydroxyl groups is 1. The van der Waals surface area contributed by atoms with E-state index in [1.165, 1.54) is 19.2 Å². The molecular weight excluding hydrogens is 308 g/mol. The van der Waals surface area contributed by atoms with Crippen LogP contribution in [0.5, 0.6) is 5.75 Å². The second-order valence-corrected chi connectivity index (χ2v) is 5.30. The largest absolute Gasteiger partial charge is 0.508 e. The molecule has 3 aromatic rings. The van der Waals surface area contributed by atoms with Crippen LogP contribution in [0.1, 0.15) is 22.0 Å². The topological polar surface area (TPSA) is 91.4 Å². The predicted molar refractivity (Wildman–Crippen MR) is 88.6 cm³/mol. The lowest BCUT2D eigenvalue weighted by atomic mass is 10.1. The number of hydrogen-bond donors (Lipinski definition) is 3. The van der Waals surface area contributed by atoms with Crippen LogP contribution in [0.4, 0.5) is 0 Å². The third-order valence-corrected chi connectivity index (χ3v) is 3.73. The number of hydrogen-bond acceptors (Lipinski definition) is 4. The van der Waals surface area contributed by atoms with Crippen LogP contribution < -0.4 is 5.32 Å². The summed E-state index contributed by atoms with van der Waals surface area (Å²) in [6.45, 7) is 0. The van der Waals surface area contributed by atoms with Gasteiger partial charge in [0, 0.05) is 17.3 Å². The quantitative estimate of drug-likeness (QED) is 0.643. The predicted octanol–water partition coefficient (Wildman–Crippen LogP) is 2.52. The van der Waals surface area contributed by atoms with Crippen molar-refractivity contribution in [2.24, 2.45) is 0 Å². The normalized spacial score (nSPS) is 11.9. The summed E-state index contributed by atoms with van der Waals surface area (Å²) >= 11 is 0. The molecule has 1 heterocycles. The van der Waals surface area contributed by atoms with Crippen molar-refractivity contribution in [2.45, 2.75) is 6.04 Å². The second kappa shape index (κ2) is 6.45. The Labute approximate surface area is 138 Å². The summed E-state index contributed by atoms with van der Waals surface area (Å²) in [4.78, 5) is 27.6. The van der Waals surface area contributed by atoms with Crippen LogP contribution in [-0.2, 0) is 9.53 Å². The van der Waals surface area contributed by atoms with Crippen LogP contribution in [0.3, 0.4) is 0 Å². The molecule has 2 aromatic carbocycles. The van der Waals surface area contributed by atoms with Crippen molar-refractivity contribution in [2.75, 3.05) is 7.11 Å². The highest BCUT2D eigenvalue weighted by molar-refractivity contribution is 5.99. The summed E-state index contributed by atoms with van der Waals surface area (Å²) in [6, 6.07) is 12.2. The van der Waals surface area contributed by atoms with Gasteiger partial charge in [0.2, 0.25) is 0 Å². The molecule has 122 valence electrons. The van der Waals surface area contributed by atoms with Crippen molar-refractivity contribution in [1.29, 1.82) is 0 Å². The number of methoxy groups -OCH3 is 1. The maximum absolute atomic E-state index is 12.5. The number of benzene rings is 2. The van der Waals surface area contributed by atoms with E-state index in [9.17, 15) is 14.7 Å². The van der Waals surface area contributed by atoms with Crippen LogP contribution >= 0.6 is 0 Å². The Morgan fingerprint density at radius 2 is 2.00 bits per heavy atom. The first kappa shape index (κ1) is 15.6. The number of fused-ring (bicyclic) bond motifs is 1. The minimum absolute atomic E-state index is 0.00320. The standard InChI is InChI=1S/C18H16N2O4/c1-24-18(23)16(12-3-2-4-14(21)9-12)20-17(22)13-6-5-11-7-8-19-15(11)10-13/h2-10,16,19,21H,1H3,(H,20,22)/t16-/m1/s1. The fraction of sp³-hybridized carbons (Fsp3) is 0.111. The van der Waals surface area contributed by atoms with Crippen LogP contribution in [-0.4, -0.2) is 29.1 Å². The Kier molecular flexibility index (Phi) is 4.20. The molecule has 6 nitrogen and oxygen atoms in total. The monoisotopic (exact) mass is 324 g/mol. The van der Waals surface area contributed by atoms with Gasteiger partial charge in [-0.25, -0.2) is 4.79 Å². The maximum atomic E-state index is 12.5. The number of rotatable bonds is 4. The Bertz CT molecular complexity index is 901. The van der Waals surface area contributed by atoms with Gasteiger partial charge < -0.3 is 20.1 Å². The molecule has 24 heavy (non-hydrogen) atoms. The number of esters is 1. The van der Waals surface area contributed by atoms with Gasteiger partial charge in [0.1, 0.15) is 5.75 Å². The number of ether oxygens (including phenoxy) is 1. The number of amides is 1. The molecule has 0 aliphatic carbocycles. The lowest BCUT2D eigenvalue weighted by Crippen LogP contribution is -2.34. The van der Waals surface area contributed by atoms with Gasteiger partial charge in [-0.2, -0.15) is 0 Å². The molecule has 0 aliphatic heterocycles. The van der Waals surface area contributed by atoms with Crippen molar-refractivity contribution < 1.29 is 19.4 Å². The minimum Gasteiger partial charge on any atom is -0.508 e. The van der Waals surface area contributed by atoms with Gasteiger partial charge in [-0.05, 0) is 41.3 Å². The Hall–Kier alpha value is -3.28. The van der Waals surface area contributed by atoms with E-state index in [4.69, 9.17) is 4.74 Å². The zero-order valence-electron chi connectivity index (χ0n) is 12.9.